The van der Waals surface area contributed by atoms with Gasteiger partial charge in [-0.25, -0.2) is 18.7 Å². The van der Waals surface area contributed by atoms with E-state index in [1.807, 2.05) is 0 Å². The van der Waals surface area contributed by atoms with Gasteiger partial charge in [0.1, 0.15) is 17.7 Å². The molecule has 0 spiro atoms. The minimum atomic E-state index is -4.72. The van der Waals surface area contributed by atoms with E-state index >= 15 is 0 Å². The zero-order valence-electron chi connectivity index (χ0n) is 11.7. The number of alkyl halides is 3. The number of nitrogens with two attached hydrogens (primary N) is 1. The third-order valence-electron chi connectivity index (χ3n) is 3.38. The number of nitrogens with zero attached hydrogens (tertiary/aromatic N) is 3. The summed E-state index contributed by atoms with van der Waals surface area (Å²) in [7, 11) is 0. The van der Waals surface area contributed by atoms with E-state index < -0.39 is 34.6 Å². The Hall–Kier alpha value is -3.17. The normalized spacial score (nSPS) is 11.8. The van der Waals surface area contributed by atoms with Gasteiger partial charge in [-0.05, 0) is 24.3 Å². The number of aromatic carboxylic acids is 1. The molecule has 3 aromatic rings. The van der Waals surface area contributed by atoms with E-state index in [1.165, 1.54) is 0 Å². The molecule has 0 saturated carbocycles. The molecule has 6 nitrogen and oxygen atoms in total. The molecule has 0 aliphatic heterocycles. The molecule has 0 bridgehead atoms. The fourth-order valence-corrected chi connectivity index (χ4v) is 2.34. The Bertz CT molecular complexity index is 965. The van der Waals surface area contributed by atoms with Crippen LogP contribution < -0.4 is 5.73 Å². The zero-order valence-corrected chi connectivity index (χ0v) is 11.7. The maximum absolute atomic E-state index is 13.5. The fourth-order valence-electron chi connectivity index (χ4n) is 2.34. The topological polar surface area (TPSA) is 93.5 Å². The lowest BCUT2D eigenvalue weighted by atomic mass is 10.1. The number of nitrogen functional groups attached to an aromatic ring is 1. The summed E-state index contributed by atoms with van der Waals surface area (Å²) in [4.78, 5) is 14.6. The SMILES string of the molecule is Nc1ncnn2c(-c3ccc(F)c(C(=O)O)c3)cc(C(F)(F)F)c12. The van der Waals surface area contributed by atoms with Crippen molar-refractivity contribution < 1.29 is 27.5 Å². The average molecular weight is 340 g/mol. The van der Waals surface area contributed by atoms with Crippen LogP contribution in [0, 0.1) is 5.82 Å². The van der Waals surface area contributed by atoms with E-state index in [4.69, 9.17) is 10.8 Å². The largest absolute Gasteiger partial charge is 0.478 e. The molecule has 1 aromatic carbocycles. The van der Waals surface area contributed by atoms with Gasteiger partial charge in [-0.1, -0.05) is 0 Å². The number of rotatable bonds is 2. The van der Waals surface area contributed by atoms with Gasteiger partial charge in [0, 0.05) is 5.56 Å². The molecule has 0 fully saturated rings. The number of hydrogen-bond donors (Lipinski definition) is 2. The maximum Gasteiger partial charge on any atom is 0.418 e. The Morgan fingerprint density at radius 2 is 1.96 bits per heavy atom. The second-order valence-electron chi connectivity index (χ2n) is 4.85. The molecule has 3 rings (SSSR count). The summed E-state index contributed by atoms with van der Waals surface area (Å²) >= 11 is 0. The quantitative estimate of drug-likeness (QED) is 0.700. The summed E-state index contributed by atoms with van der Waals surface area (Å²) in [6, 6.07) is 3.70. The van der Waals surface area contributed by atoms with Crippen molar-refractivity contribution in [3.63, 3.8) is 0 Å². The number of fused-ring (bicyclic) bond motifs is 1. The number of benzene rings is 1. The molecule has 0 atom stereocenters. The molecule has 0 aliphatic rings. The maximum atomic E-state index is 13.5. The van der Waals surface area contributed by atoms with Crippen molar-refractivity contribution >= 4 is 17.3 Å². The molecule has 0 unspecified atom stereocenters. The van der Waals surface area contributed by atoms with E-state index in [2.05, 4.69) is 10.1 Å². The lowest BCUT2D eigenvalue weighted by molar-refractivity contribution is -0.136. The predicted octanol–water partition coefficient (Wildman–Crippen LogP) is 2.83. The van der Waals surface area contributed by atoms with Crippen LogP contribution in [0.2, 0.25) is 0 Å². The van der Waals surface area contributed by atoms with Crippen molar-refractivity contribution in [1.82, 2.24) is 14.6 Å². The Labute approximate surface area is 131 Å². The second-order valence-corrected chi connectivity index (χ2v) is 4.85. The highest BCUT2D eigenvalue weighted by atomic mass is 19.4. The van der Waals surface area contributed by atoms with Crippen LogP contribution >= 0.6 is 0 Å². The lowest BCUT2D eigenvalue weighted by Gasteiger charge is -2.06. The number of carboxylic acids is 1. The molecule has 2 aromatic heterocycles. The minimum absolute atomic E-state index is 0.0393. The molecule has 124 valence electrons. The molecular weight excluding hydrogens is 332 g/mol. The zero-order chi connectivity index (χ0) is 17.6. The van der Waals surface area contributed by atoms with Gasteiger partial charge < -0.3 is 10.8 Å². The standard InChI is InChI=1S/C14H8F4N4O2/c15-9-2-1-6(3-7(9)13(23)24)10-4-8(14(16,17)18)11-12(19)20-5-21-22(10)11/h1-5H,(H,23,24)(H2,19,20,21). The molecule has 0 saturated heterocycles. The van der Waals surface area contributed by atoms with Crippen LogP contribution in [0.3, 0.4) is 0 Å². The third-order valence-corrected chi connectivity index (χ3v) is 3.38. The third kappa shape index (κ3) is 2.41. The van der Waals surface area contributed by atoms with Gasteiger partial charge in [0.25, 0.3) is 0 Å². The average Bonchev–Trinajstić information content (AvgIpc) is 2.88. The van der Waals surface area contributed by atoms with Crippen LogP contribution in [0.4, 0.5) is 23.4 Å². The Kier molecular flexibility index (Phi) is 3.39. The Morgan fingerprint density at radius 1 is 1.25 bits per heavy atom. The van der Waals surface area contributed by atoms with Crippen LogP contribution in [0.25, 0.3) is 16.8 Å². The summed E-state index contributed by atoms with van der Waals surface area (Å²) in [5.74, 6) is -2.93. The molecule has 2 heterocycles. The van der Waals surface area contributed by atoms with Gasteiger partial charge in [0.05, 0.1) is 16.8 Å². The number of carboxylic acid groups (broad SMARTS) is 1. The van der Waals surface area contributed by atoms with Gasteiger partial charge in [0.15, 0.2) is 5.82 Å². The molecule has 0 aliphatic carbocycles. The summed E-state index contributed by atoms with van der Waals surface area (Å²) in [6.45, 7) is 0. The smallest absolute Gasteiger partial charge is 0.418 e. The lowest BCUT2D eigenvalue weighted by Crippen LogP contribution is -2.07. The van der Waals surface area contributed by atoms with Crippen molar-refractivity contribution in [2.75, 3.05) is 5.73 Å². The van der Waals surface area contributed by atoms with E-state index in [-0.39, 0.29) is 17.1 Å². The van der Waals surface area contributed by atoms with Crippen molar-refractivity contribution in [3.05, 3.63) is 47.5 Å². The molecule has 0 radical (unpaired) electrons. The van der Waals surface area contributed by atoms with Gasteiger partial charge >= 0.3 is 12.1 Å². The summed E-state index contributed by atoms with van der Waals surface area (Å²) in [5, 5.41) is 12.7. The first kappa shape index (κ1) is 15.7. The Balaban J connectivity index is 2.34. The van der Waals surface area contributed by atoms with Crippen LogP contribution in [0.1, 0.15) is 15.9 Å². The summed E-state index contributed by atoms with van der Waals surface area (Å²) in [6.07, 6.45) is -3.76. The highest BCUT2D eigenvalue weighted by Gasteiger charge is 2.36. The first-order valence-corrected chi connectivity index (χ1v) is 6.42. The van der Waals surface area contributed by atoms with Crippen molar-refractivity contribution in [3.8, 4) is 11.3 Å². The van der Waals surface area contributed by atoms with Gasteiger partial charge in [-0.15, -0.1) is 0 Å². The molecule has 0 amide bonds. The fraction of sp³-hybridized carbons (Fsp3) is 0.0714. The van der Waals surface area contributed by atoms with Crippen LogP contribution in [-0.4, -0.2) is 25.7 Å². The van der Waals surface area contributed by atoms with E-state index in [0.717, 1.165) is 35.1 Å². The highest BCUT2D eigenvalue weighted by molar-refractivity contribution is 5.90. The Morgan fingerprint density at radius 3 is 2.58 bits per heavy atom. The molecule has 10 heteroatoms. The van der Waals surface area contributed by atoms with Gasteiger partial charge in [-0.2, -0.15) is 18.3 Å². The number of carbonyl (C=O) groups is 1. The minimum Gasteiger partial charge on any atom is -0.478 e. The molecular formula is C14H8F4N4O2. The predicted molar refractivity (Wildman–Crippen MR) is 74.8 cm³/mol. The highest BCUT2D eigenvalue weighted by Crippen LogP contribution is 2.38. The first-order chi connectivity index (χ1) is 11.2. The first-order valence-electron chi connectivity index (χ1n) is 6.42. The van der Waals surface area contributed by atoms with Crippen LogP contribution in [0.5, 0.6) is 0 Å². The van der Waals surface area contributed by atoms with Crippen LogP contribution in [-0.2, 0) is 6.18 Å². The number of hydrogen-bond acceptors (Lipinski definition) is 4. The van der Waals surface area contributed by atoms with E-state index in [9.17, 15) is 22.4 Å². The number of aromatic nitrogens is 3. The number of anilines is 1. The van der Waals surface area contributed by atoms with Crippen molar-refractivity contribution in [1.29, 1.82) is 0 Å². The molecule has 24 heavy (non-hydrogen) atoms. The second kappa shape index (κ2) is 5.18. The monoisotopic (exact) mass is 340 g/mol. The van der Waals surface area contributed by atoms with E-state index in [0.29, 0.717) is 0 Å². The summed E-state index contributed by atoms with van der Waals surface area (Å²) in [5.41, 5.74) is 3.27. The van der Waals surface area contributed by atoms with Crippen LogP contribution in [0.15, 0.2) is 30.6 Å². The van der Waals surface area contributed by atoms with E-state index in [1.54, 1.807) is 0 Å². The van der Waals surface area contributed by atoms with Gasteiger partial charge in [0.2, 0.25) is 0 Å². The van der Waals surface area contributed by atoms with Crippen molar-refractivity contribution in [2.24, 2.45) is 0 Å². The van der Waals surface area contributed by atoms with Crippen molar-refractivity contribution in [2.45, 2.75) is 6.18 Å². The number of halogens is 4. The molecule has 3 N–H and O–H groups in total. The van der Waals surface area contributed by atoms with Gasteiger partial charge in [-0.3, -0.25) is 0 Å². The summed E-state index contributed by atoms with van der Waals surface area (Å²) < 4.78 is 54.0.